The summed E-state index contributed by atoms with van der Waals surface area (Å²) >= 11 is 0. The first-order chi connectivity index (χ1) is 19.3. The zero-order valence-corrected chi connectivity index (χ0v) is 25.3. The Balaban J connectivity index is 1.04. The van der Waals surface area contributed by atoms with Crippen LogP contribution in [0.15, 0.2) is 30.3 Å². The van der Waals surface area contributed by atoms with Crippen molar-refractivity contribution >= 4 is 11.7 Å². The Labute approximate surface area is 243 Å². The number of hydrogen-bond acceptors (Lipinski definition) is 3. The summed E-state index contributed by atoms with van der Waals surface area (Å²) in [4.78, 5) is 24.6. The first kappa shape index (κ1) is 29.8. The van der Waals surface area contributed by atoms with E-state index in [0.717, 1.165) is 61.8 Å². The number of nitrogens with one attached hydrogen (secondary N) is 1. The summed E-state index contributed by atoms with van der Waals surface area (Å²) in [6.45, 7) is 5.56. The molecule has 1 aromatic rings. The number of aliphatic hydroxyl groups excluding tert-OH is 1. The maximum absolute atomic E-state index is 12.5. The van der Waals surface area contributed by atoms with Crippen molar-refractivity contribution in [3.8, 4) is 0 Å². The number of amides is 1. The normalized spacial score (nSPS) is 36.9. The molecule has 4 nitrogen and oxygen atoms in total. The summed E-state index contributed by atoms with van der Waals surface area (Å²) in [7, 11) is 0. The molecule has 0 saturated heterocycles. The summed E-state index contributed by atoms with van der Waals surface area (Å²) in [6.07, 6.45) is 18.9. The van der Waals surface area contributed by atoms with E-state index < -0.39 is 0 Å². The number of carbonyl (C=O) groups is 2. The molecular formula is C36H55NO3. The van der Waals surface area contributed by atoms with Gasteiger partial charge in [-0.3, -0.25) is 9.59 Å². The van der Waals surface area contributed by atoms with Crippen molar-refractivity contribution < 1.29 is 14.7 Å². The lowest BCUT2D eigenvalue weighted by atomic mass is 9.42. The Hall–Kier alpha value is -1.68. The predicted octanol–water partition coefficient (Wildman–Crippen LogP) is 8.01. The second-order valence-electron chi connectivity index (χ2n) is 14.6. The van der Waals surface area contributed by atoms with Gasteiger partial charge in [-0.1, -0.05) is 89.1 Å². The van der Waals surface area contributed by atoms with Gasteiger partial charge in [0.25, 0.3) is 0 Å². The molecule has 4 aliphatic rings. The lowest BCUT2D eigenvalue weighted by Crippen LogP contribution is -2.57. The molecule has 40 heavy (non-hydrogen) atoms. The molecule has 1 amide bonds. The highest BCUT2D eigenvalue weighted by atomic mass is 16.3. The van der Waals surface area contributed by atoms with E-state index in [1.165, 1.54) is 64.2 Å². The van der Waals surface area contributed by atoms with Crippen molar-refractivity contribution in [1.82, 2.24) is 5.32 Å². The number of Topliss-reactive ketones (excluding diaryl/α,β-unsaturated/α-hetero) is 1. The molecule has 0 bridgehead atoms. The Morgan fingerprint density at radius 1 is 0.900 bits per heavy atom. The van der Waals surface area contributed by atoms with Crippen molar-refractivity contribution in [1.29, 1.82) is 0 Å². The van der Waals surface area contributed by atoms with Gasteiger partial charge in [0.1, 0.15) is 5.78 Å². The molecule has 0 aliphatic heterocycles. The van der Waals surface area contributed by atoms with Crippen LogP contribution in [0.25, 0.3) is 0 Å². The van der Waals surface area contributed by atoms with Crippen molar-refractivity contribution in [3.63, 3.8) is 0 Å². The fourth-order valence-corrected chi connectivity index (χ4v) is 9.95. The van der Waals surface area contributed by atoms with Gasteiger partial charge >= 0.3 is 0 Å². The average Bonchev–Trinajstić information content (AvgIpc) is 3.26. The van der Waals surface area contributed by atoms with Gasteiger partial charge < -0.3 is 10.4 Å². The first-order valence-electron chi connectivity index (χ1n) is 16.8. The van der Waals surface area contributed by atoms with Crippen LogP contribution in [0.2, 0.25) is 0 Å². The minimum Gasteiger partial charge on any atom is -0.393 e. The van der Waals surface area contributed by atoms with E-state index >= 15 is 0 Å². The summed E-state index contributed by atoms with van der Waals surface area (Å²) in [5.74, 6) is 4.16. The van der Waals surface area contributed by atoms with Gasteiger partial charge in [-0.05, 0) is 90.9 Å². The molecule has 0 spiro atoms. The third-order valence-corrected chi connectivity index (χ3v) is 12.4. The molecule has 3 unspecified atom stereocenters. The summed E-state index contributed by atoms with van der Waals surface area (Å²) in [6, 6.07) is 10.1. The fourth-order valence-electron chi connectivity index (χ4n) is 9.95. The third kappa shape index (κ3) is 6.37. The maximum atomic E-state index is 12.5. The van der Waals surface area contributed by atoms with Crippen LogP contribution in [0, 0.1) is 40.4 Å². The first-order valence-corrected chi connectivity index (χ1v) is 16.8. The topological polar surface area (TPSA) is 66.4 Å². The van der Waals surface area contributed by atoms with Crippen molar-refractivity contribution in [3.05, 3.63) is 35.9 Å². The number of hydrogen-bond donors (Lipinski definition) is 2. The van der Waals surface area contributed by atoms with Gasteiger partial charge in [0.2, 0.25) is 5.91 Å². The van der Waals surface area contributed by atoms with E-state index in [1.54, 1.807) is 0 Å². The largest absolute Gasteiger partial charge is 0.393 e. The van der Waals surface area contributed by atoms with Crippen LogP contribution in [-0.4, -0.2) is 22.9 Å². The number of aliphatic hydroxyl groups is 1. The van der Waals surface area contributed by atoms with E-state index in [1.807, 2.05) is 30.3 Å². The summed E-state index contributed by atoms with van der Waals surface area (Å²) < 4.78 is 0. The number of carbonyl (C=O) groups excluding carboxylic acids is 2. The van der Waals surface area contributed by atoms with Crippen LogP contribution in [0.5, 0.6) is 0 Å². The van der Waals surface area contributed by atoms with Crippen LogP contribution in [0.1, 0.15) is 129 Å². The summed E-state index contributed by atoms with van der Waals surface area (Å²) in [5, 5.41) is 14.0. The molecule has 0 aromatic heterocycles. The molecule has 4 aliphatic carbocycles. The summed E-state index contributed by atoms with van der Waals surface area (Å²) in [5.41, 5.74) is 1.60. The monoisotopic (exact) mass is 549 g/mol. The second-order valence-corrected chi connectivity index (χ2v) is 14.6. The number of unbranched alkanes of at least 4 members (excludes halogenated alkanes) is 6. The third-order valence-electron chi connectivity index (χ3n) is 12.4. The molecule has 222 valence electrons. The molecule has 5 rings (SSSR count). The smallest absolute Gasteiger partial charge is 0.220 e. The lowest BCUT2D eigenvalue weighted by molar-refractivity contribution is -0.156. The zero-order valence-electron chi connectivity index (χ0n) is 25.3. The standard InChI is InChI=1S/C36H55NO3/c1-35-21-19-29(38)24-28(35)23-27(34-30-17-18-32(39)36(30,2)22-20-31(34)35)15-11-6-4-3-5-7-12-16-33(40)37-25-26-13-9-8-10-14-26/h8-10,13-14,27-28,30-32,34,39H,3-7,11-12,15-25H2,1-2H3,(H,37,40)/t27?,28?,30-,31+,32?,34-,35-,36-/m0/s1. The van der Waals surface area contributed by atoms with Crippen molar-refractivity contribution in [2.75, 3.05) is 0 Å². The van der Waals surface area contributed by atoms with E-state index in [4.69, 9.17) is 0 Å². The van der Waals surface area contributed by atoms with Gasteiger partial charge in [-0.15, -0.1) is 0 Å². The highest BCUT2D eigenvalue weighted by molar-refractivity contribution is 5.79. The Morgan fingerprint density at radius 3 is 2.38 bits per heavy atom. The lowest BCUT2D eigenvalue weighted by Gasteiger charge is -2.62. The molecule has 0 radical (unpaired) electrons. The zero-order chi connectivity index (χ0) is 28.2. The van der Waals surface area contributed by atoms with E-state index in [9.17, 15) is 14.7 Å². The van der Waals surface area contributed by atoms with Crippen LogP contribution in [-0.2, 0) is 16.1 Å². The van der Waals surface area contributed by atoms with E-state index in [0.29, 0.717) is 36.0 Å². The van der Waals surface area contributed by atoms with Crippen LogP contribution in [0.4, 0.5) is 0 Å². The molecule has 0 heterocycles. The Kier molecular flexibility index (Phi) is 9.75. The maximum Gasteiger partial charge on any atom is 0.220 e. The van der Waals surface area contributed by atoms with E-state index in [-0.39, 0.29) is 17.4 Å². The van der Waals surface area contributed by atoms with Gasteiger partial charge in [0.05, 0.1) is 6.10 Å². The predicted molar refractivity (Wildman–Crippen MR) is 161 cm³/mol. The van der Waals surface area contributed by atoms with Gasteiger partial charge in [-0.2, -0.15) is 0 Å². The SMILES string of the molecule is C[C@]12CCC(=O)CC1CC(CCCCCCCCCC(=O)NCc1ccccc1)[C@@H]1[C@H]2CC[C@]2(C)C(O)CC[C@@H]12. The Morgan fingerprint density at radius 2 is 1.60 bits per heavy atom. The molecule has 4 heteroatoms. The number of ketones is 1. The Bertz CT molecular complexity index is 993. The molecule has 1 aromatic carbocycles. The molecule has 8 atom stereocenters. The van der Waals surface area contributed by atoms with Crippen molar-refractivity contribution in [2.24, 2.45) is 40.4 Å². The minimum absolute atomic E-state index is 0.117. The molecule has 2 N–H and O–H groups in total. The van der Waals surface area contributed by atoms with Crippen LogP contribution >= 0.6 is 0 Å². The second kappa shape index (κ2) is 13.1. The van der Waals surface area contributed by atoms with Crippen molar-refractivity contribution in [2.45, 2.75) is 136 Å². The van der Waals surface area contributed by atoms with Crippen LogP contribution < -0.4 is 5.32 Å². The molecular weight excluding hydrogens is 494 g/mol. The number of benzene rings is 1. The minimum atomic E-state index is -0.118. The highest BCUT2D eigenvalue weighted by Crippen LogP contribution is 2.67. The molecule has 4 fully saturated rings. The van der Waals surface area contributed by atoms with E-state index in [2.05, 4.69) is 19.2 Å². The van der Waals surface area contributed by atoms with Crippen LogP contribution in [0.3, 0.4) is 0 Å². The van der Waals surface area contributed by atoms with Gasteiger partial charge in [0.15, 0.2) is 0 Å². The number of rotatable bonds is 12. The molecule has 4 saturated carbocycles. The average molecular weight is 550 g/mol. The number of fused-ring (bicyclic) bond motifs is 5. The fraction of sp³-hybridized carbons (Fsp3) is 0.778. The van der Waals surface area contributed by atoms with Gasteiger partial charge in [0, 0.05) is 25.8 Å². The highest BCUT2D eigenvalue weighted by Gasteiger charge is 2.62. The van der Waals surface area contributed by atoms with Gasteiger partial charge in [-0.25, -0.2) is 0 Å². The quantitative estimate of drug-likeness (QED) is 0.260.